The van der Waals surface area contributed by atoms with Gasteiger partial charge in [0.2, 0.25) is 0 Å². The molecule has 0 saturated heterocycles. The van der Waals surface area contributed by atoms with Crippen LogP contribution in [0.5, 0.6) is 0 Å². The van der Waals surface area contributed by atoms with Gasteiger partial charge >= 0.3 is 11.9 Å². The van der Waals surface area contributed by atoms with Gasteiger partial charge in [-0.3, -0.25) is 4.68 Å². The minimum Gasteiger partial charge on any atom is -0.480 e. The molecule has 1 aromatic rings. The Hall–Kier alpha value is -1.85. The summed E-state index contributed by atoms with van der Waals surface area (Å²) in [4.78, 5) is 21.9. The van der Waals surface area contributed by atoms with Crippen LogP contribution in [0.3, 0.4) is 0 Å². The fourth-order valence-electron chi connectivity index (χ4n) is 1.20. The molecule has 0 bridgehead atoms. The number of hydrogen-bond donors (Lipinski definition) is 1. The molecule has 82 valence electrons. The molecule has 1 rings (SSSR count). The molecule has 0 unspecified atom stereocenters. The molecule has 0 radical (unpaired) electrons. The number of carboxylic acid groups (broad SMARTS) is 1. The molecule has 1 atom stereocenters. The molecule has 1 aromatic heterocycles. The number of carbonyl (C=O) groups excluding carboxylic acids is 1. The van der Waals surface area contributed by atoms with Crippen molar-refractivity contribution < 1.29 is 19.4 Å². The lowest BCUT2D eigenvalue weighted by Gasteiger charge is -2.09. The van der Waals surface area contributed by atoms with Crippen molar-refractivity contribution in [2.75, 3.05) is 7.11 Å². The third kappa shape index (κ3) is 2.34. The third-order valence-corrected chi connectivity index (χ3v) is 1.99. The summed E-state index contributed by atoms with van der Waals surface area (Å²) in [5.41, 5.74) is 0.109. The van der Waals surface area contributed by atoms with Crippen LogP contribution < -0.4 is 0 Å². The average Bonchev–Trinajstić information content (AvgIpc) is 2.66. The zero-order valence-corrected chi connectivity index (χ0v) is 8.51. The summed E-state index contributed by atoms with van der Waals surface area (Å²) in [6.45, 7) is 1.73. The summed E-state index contributed by atoms with van der Waals surface area (Å²) in [5, 5.41) is 12.7. The van der Waals surface area contributed by atoms with Gasteiger partial charge in [-0.25, -0.2) is 9.59 Å². The van der Waals surface area contributed by atoms with Crippen LogP contribution in [-0.4, -0.2) is 33.9 Å². The van der Waals surface area contributed by atoms with Gasteiger partial charge in [0, 0.05) is 6.20 Å². The molecule has 0 saturated carbocycles. The number of aromatic nitrogens is 2. The van der Waals surface area contributed by atoms with Crippen molar-refractivity contribution in [1.29, 1.82) is 0 Å². The molecule has 0 aliphatic heterocycles. The van der Waals surface area contributed by atoms with Crippen LogP contribution in [0.4, 0.5) is 0 Å². The van der Waals surface area contributed by atoms with E-state index in [1.807, 2.05) is 0 Å². The fraction of sp³-hybridized carbons (Fsp3) is 0.444. The molecule has 6 heteroatoms. The van der Waals surface area contributed by atoms with E-state index in [0.29, 0.717) is 6.42 Å². The second kappa shape index (κ2) is 4.59. The Morgan fingerprint density at radius 1 is 1.67 bits per heavy atom. The Morgan fingerprint density at radius 3 is 2.80 bits per heavy atom. The number of carbonyl (C=O) groups is 2. The van der Waals surface area contributed by atoms with Crippen LogP contribution in [-0.2, 0) is 9.53 Å². The first kappa shape index (κ1) is 11.2. The molecule has 0 fully saturated rings. The van der Waals surface area contributed by atoms with Crippen molar-refractivity contribution in [3.05, 3.63) is 18.0 Å². The lowest BCUT2D eigenvalue weighted by atomic mass is 10.2. The fourth-order valence-corrected chi connectivity index (χ4v) is 1.20. The zero-order chi connectivity index (χ0) is 11.4. The highest BCUT2D eigenvalue weighted by Crippen LogP contribution is 2.11. The Balaban J connectivity index is 2.92. The van der Waals surface area contributed by atoms with Crippen LogP contribution in [0.25, 0.3) is 0 Å². The van der Waals surface area contributed by atoms with Crippen LogP contribution in [0.2, 0.25) is 0 Å². The topological polar surface area (TPSA) is 81.4 Å². The molecule has 15 heavy (non-hydrogen) atoms. The predicted octanol–water partition coefficient (Wildman–Crippen LogP) is 0.705. The first-order valence-corrected chi connectivity index (χ1v) is 4.46. The Bertz CT molecular complexity index is 372. The third-order valence-electron chi connectivity index (χ3n) is 1.99. The second-order valence-corrected chi connectivity index (χ2v) is 2.93. The van der Waals surface area contributed by atoms with Gasteiger partial charge in [-0.05, 0) is 12.5 Å². The van der Waals surface area contributed by atoms with Gasteiger partial charge in [0.1, 0.15) is 6.04 Å². The molecule has 1 heterocycles. The van der Waals surface area contributed by atoms with Gasteiger partial charge in [0.25, 0.3) is 0 Å². The Labute approximate surface area is 86.5 Å². The number of carboxylic acids is 1. The van der Waals surface area contributed by atoms with Gasteiger partial charge in [0.05, 0.1) is 7.11 Å². The van der Waals surface area contributed by atoms with Crippen LogP contribution in [0.1, 0.15) is 29.9 Å². The van der Waals surface area contributed by atoms with E-state index < -0.39 is 18.0 Å². The van der Waals surface area contributed by atoms with E-state index in [-0.39, 0.29) is 5.69 Å². The summed E-state index contributed by atoms with van der Waals surface area (Å²) in [6.07, 6.45) is 1.85. The van der Waals surface area contributed by atoms with Gasteiger partial charge in [-0.2, -0.15) is 5.10 Å². The molecule has 0 spiro atoms. The van der Waals surface area contributed by atoms with E-state index in [2.05, 4.69) is 9.84 Å². The van der Waals surface area contributed by atoms with Crippen LogP contribution >= 0.6 is 0 Å². The van der Waals surface area contributed by atoms with Crippen LogP contribution in [0, 0.1) is 0 Å². The van der Waals surface area contributed by atoms with Crippen molar-refractivity contribution in [3.63, 3.8) is 0 Å². The summed E-state index contributed by atoms with van der Waals surface area (Å²) in [7, 11) is 1.25. The van der Waals surface area contributed by atoms with E-state index in [0.717, 1.165) is 0 Å². The highest BCUT2D eigenvalue weighted by Gasteiger charge is 2.19. The predicted molar refractivity (Wildman–Crippen MR) is 50.5 cm³/mol. The number of methoxy groups -OCH3 is 1. The molecule has 0 aliphatic rings. The van der Waals surface area contributed by atoms with Crippen molar-refractivity contribution in [3.8, 4) is 0 Å². The van der Waals surface area contributed by atoms with Gasteiger partial charge in [-0.15, -0.1) is 0 Å². The molecule has 0 aliphatic carbocycles. The highest BCUT2D eigenvalue weighted by atomic mass is 16.5. The SMILES string of the molecule is CC[C@@H](C(=O)O)n1ccc(C(=O)OC)n1. The lowest BCUT2D eigenvalue weighted by Crippen LogP contribution is -2.19. The number of hydrogen-bond acceptors (Lipinski definition) is 4. The van der Waals surface area contributed by atoms with Gasteiger partial charge < -0.3 is 9.84 Å². The Morgan fingerprint density at radius 2 is 2.33 bits per heavy atom. The van der Waals surface area contributed by atoms with Crippen molar-refractivity contribution in [1.82, 2.24) is 9.78 Å². The second-order valence-electron chi connectivity index (χ2n) is 2.93. The standard InChI is InChI=1S/C9H12N2O4/c1-3-7(8(12)13)11-5-4-6(10-11)9(14)15-2/h4-5,7H,3H2,1-2H3,(H,12,13)/t7-/m0/s1. The number of rotatable bonds is 4. The maximum absolute atomic E-state index is 11.1. The van der Waals surface area contributed by atoms with Gasteiger partial charge in [0.15, 0.2) is 5.69 Å². The van der Waals surface area contributed by atoms with E-state index in [1.54, 1.807) is 6.92 Å². The maximum Gasteiger partial charge on any atom is 0.358 e. The lowest BCUT2D eigenvalue weighted by molar-refractivity contribution is -0.141. The number of aliphatic carboxylic acids is 1. The molecule has 6 nitrogen and oxygen atoms in total. The molecule has 1 N–H and O–H groups in total. The van der Waals surface area contributed by atoms with E-state index in [1.165, 1.54) is 24.1 Å². The van der Waals surface area contributed by atoms with Crippen molar-refractivity contribution in [2.45, 2.75) is 19.4 Å². The number of ether oxygens (including phenoxy) is 1. The average molecular weight is 212 g/mol. The minimum atomic E-state index is -0.975. The first-order chi connectivity index (χ1) is 7.10. The van der Waals surface area contributed by atoms with E-state index >= 15 is 0 Å². The summed E-state index contributed by atoms with van der Waals surface area (Å²) >= 11 is 0. The minimum absolute atomic E-state index is 0.109. The van der Waals surface area contributed by atoms with Gasteiger partial charge in [-0.1, -0.05) is 6.92 Å². The van der Waals surface area contributed by atoms with Crippen LogP contribution in [0.15, 0.2) is 12.3 Å². The highest BCUT2D eigenvalue weighted by molar-refractivity contribution is 5.87. The molecular formula is C9H12N2O4. The normalized spacial score (nSPS) is 12.1. The zero-order valence-electron chi connectivity index (χ0n) is 8.51. The number of esters is 1. The van der Waals surface area contributed by atoms with E-state index in [9.17, 15) is 9.59 Å². The molecular weight excluding hydrogens is 200 g/mol. The van der Waals surface area contributed by atoms with Crippen molar-refractivity contribution >= 4 is 11.9 Å². The first-order valence-electron chi connectivity index (χ1n) is 4.46. The monoisotopic (exact) mass is 212 g/mol. The molecule has 0 amide bonds. The smallest absolute Gasteiger partial charge is 0.358 e. The van der Waals surface area contributed by atoms with Crippen molar-refractivity contribution in [2.24, 2.45) is 0 Å². The van der Waals surface area contributed by atoms with E-state index in [4.69, 9.17) is 5.11 Å². The summed E-state index contributed by atoms with van der Waals surface area (Å²) in [6, 6.07) is 0.681. The Kier molecular flexibility index (Phi) is 3.43. The maximum atomic E-state index is 11.1. The summed E-state index contributed by atoms with van der Waals surface area (Å²) in [5.74, 6) is -1.55. The quantitative estimate of drug-likeness (QED) is 0.743. The largest absolute Gasteiger partial charge is 0.480 e. The summed E-state index contributed by atoms with van der Waals surface area (Å²) < 4.78 is 5.71. The number of nitrogens with zero attached hydrogens (tertiary/aromatic N) is 2. The molecule has 0 aromatic carbocycles.